The van der Waals surface area contributed by atoms with Gasteiger partial charge in [0.15, 0.2) is 0 Å². The minimum absolute atomic E-state index is 0.145. The van der Waals surface area contributed by atoms with Crippen LogP contribution in [0.5, 0.6) is 0 Å². The number of pyridine rings is 1. The number of halogens is 1. The molecule has 2 saturated heterocycles. The second kappa shape index (κ2) is 7.02. The standard InChI is InChI=1S/C23H22FN3O3/c1-14-19(20(26-30-14)15-6-3-2-4-7-15)22(28)27-16-9-10-17(27)13-23(29,12-16)18-8-5-11-25-21(18)24/h2-8,11,16-17,29H,9-10,12-13H2,1H3/t16-,17+,23?. The number of hydrogen-bond donors (Lipinski definition) is 1. The Labute approximate surface area is 173 Å². The van der Waals surface area contributed by atoms with Gasteiger partial charge in [-0.05, 0) is 25.8 Å². The lowest BCUT2D eigenvalue weighted by Crippen LogP contribution is -2.52. The molecule has 1 amide bonds. The molecular formula is C23H22FN3O3. The first kappa shape index (κ1) is 18.9. The largest absolute Gasteiger partial charge is 0.385 e. The molecule has 2 bridgehead atoms. The molecule has 0 aliphatic carbocycles. The van der Waals surface area contributed by atoms with Gasteiger partial charge in [-0.15, -0.1) is 0 Å². The number of nitrogens with zero attached hydrogens (tertiary/aromatic N) is 3. The van der Waals surface area contributed by atoms with Crippen LogP contribution in [0.2, 0.25) is 0 Å². The third kappa shape index (κ3) is 2.92. The average Bonchev–Trinajstić information content (AvgIpc) is 3.26. The molecule has 30 heavy (non-hydrogen) atoms. The van der Waals surface area contributed by atoms with Crippen LogP contribution in [0.1, 0.15) is 47.4 Å². The Morgan fingerprint density at radius 3 is 2.53 bits per heavy atom. The summed E-state index contributed by atoms with van der Waals surface area (Å²) in [5.74, 6) is -0.327. The summed E-state index contributed by atoms with van der Waals surface area (Å²) in [6.45, 7) is 1.74. The maximum Gasteiger partial charge on any atom is 0.260 e. The molecular weight excluding hydrogens is 385 g/mol. The van der Waals surface area contributed by atoms with E-state index in [1.165, 1.54) is 6.20 Å². The molecule has 2 aromatic heterocycles. The Bertz CT molecular complexity index is 1080. The van der Waals surface area contributed by atoms with Crippen LogP contribution in [0.15, 0.2) is 53.2 Å². The smallest absolute Gasteiger partial charge is 0.260 e. The van der Waals surface area contributed by atoms with Gasteiger partial charge in [-0.25, -0.2) is 4.98 Å². The van der Waals surface area contributed by atoms with E-state index in [0.29, 0.717) is 17.0 Å². The Hall–Kier alpha value is -3.06. The van der Waals surface area contributed by atoms with Crippen molar-refractivity contribution < 1.29 is 18.8 Å². The lowest BCUT2D eigenvalue weighted by atomic mass is 9.80. The summed E-state index contributed by atoms with van der Waals surface area (Å²) in [5.41, 5.74) is 0.677. The number of amides is 1. The number of piperidine rings is 1. The lowest BCUT2D eigenvalue weighted by molar-refractivity contribution is -0.0504. The van der Waals surface area contributed by atoms with Gasteiger partial charge in [-0.3, -0.25) is 4.79 Å². The zero-order chi connectivity index (χ0) is 20.9. The van der Waals surface area contributed by atoms with Gasteiger partial charge in [0.05, 0.1) is 5.60 Å². The summed E-state index contributed by atoms with van der Waals surface area (Å²) >= 11 is 0. The van der Waals surface area contributed by atoms with Gasteiger partial charge in [0, 0.05) is 42.2 Å². The van der Waals surface area contributed by atoms with Crippen LogP contribution in [-0.4, -0.2) is 38.1 Å². The molecule has 0 saturated carbocycles. The molecule has 6 nitrogen and oxygen atoms in total. The van der Waals surface area contributed by atoms with Crippen molar-refractivity contribution in [1.29, 1.82) is 0 Å². The van der Waals surface area contributed by atoms with Crippen molar-refractivity contribution in [3.63, 3.8) is 0 Å². The average molecular weight is 407 g/mol. The van der Waals surface area contributed by atoms with Crippen molar-refractivity contribution in [3.8, 4) is 11.3 Å². The van der Waals surface area contributed by atoms with E-state index in [1.54, 1.807) is 19.1 Å². The van der Waals surface area contributed by atoms with Crippen LogP contribution in [0.25, 0.3) is 11.3 Å². The highest BCUT2D eigenvalue weighted by Crippen LogP contribution is 2.47. The van der Waals surface area contributed by atoms with E-state index in [1.807, 2.05) is 35.2 Å². The number of aliphatic hydroxyl groups is 1. The second-order valence-electron chi connectivity index (χ2n) is 8.21. The second-order valence-corrected chi connectivity index (χ2v) is 8.21. The number of rotatable bonds is 3. The number of hydrogen-bond acceptors (Lipinski definition) is 5. The summed E-state index contributed by atoms with van der Waals surface area (Å²) < 4.78 is 19.7. The molecule has 0 radical (unpaired) electrons. The van der Waals surface area contributed by atoms with Crippen molar-refractivity contribution in [2.24, 2.45) is 0 Å². The van der Waals surface area contributed by atoms with Crippen LogP contribution in [0.3, 0.4) is 0 Å². The van der Waals surface area contributed by atoms with Gasteiger partial charge in [0.2, 0.25) is 5.95 Å². The molecule has 1 aromatic carbocycles. The number of aromatic nitrogens is 2. The molecule has 2 aliphatic heterocycles. The van der Waals surface area contributed by atoms with Gasteiger partial charge >= 0.3 is 0 Å². The zero-order valence-electron chi connectivity index (χ0n) is 16.6. The fourth-order valence-electron chi connectivity index (χ4n) is 5.06. The first-order valence-electron chi connectivity index (χ1n) is 10.2. The van der Waals surface area contributed by atoms with Crippen molar-refractivity contribution in [3.05, 3.63) is 71.5 Å². The first-order valence-corrected chi connectivity index (χ1v) is 10.2. The minimum Gasteiger partial charge on any atom is -0.385 e. The third-order valence-electron chi connectivity index (χ3n) is 6.39. The Morgan fingerprint density at radius 1 is 1.17 bits per heavy atom. The van der Waals surface area contributed by atoms with E-state index in [-0.39, 0.29) is 36.4 Å². The maximum atomic E-state index is 14.3. The van der Waals surface area contributed by atoms with Crippen LogP contribution in [0.4, 0.5) is 4.39 Å². The van der Waals surface area contributed by atoms with Crippen molar-refractivity contribution in [1.82, 2.24) is 15.0 Å². The Morgan fingerprint density at radius 2 is 1.87 bits per heavy atom. The van der Waals surface area contributed by atoms with Gasteiger partial charge in [-0.1, -0.05) is 41.6 Å². The summed E-state index contributed by atoms with van der Waals surface area (Å²) in [6, 6.07) is 12.3. The first-order chi connectivity index (χ1) is 14.5. The quantitative estimate of drug-likeness (QED) is 0.668. The predicted molar refractivity (Wildman–Crippen MR) is 107 cm³/mol. The molecule has 7 heteroatoms. The number of benzene rings is 1. The number of aryl methyl sites for hydroxylation is 1. The molecule has 2 aliphatic rings. The van der Waals surface area contributed by atoms with Crippen molar-refractivity contribution in [2.45, 2.75) is 50.3 Å². The van der Waals surface area contributed by atoms with E-state index in [2.05, 4.69) is 10.1 Å². The zero-order valence-corrected chi connectivity index (χ0v) is 16.6. The SMILES string of the molecule is Cc1onc(-c2ccccc2)c1C(=O)N1[C@@H]2CC[C@H]1CC(O)(c1cccnc1F)C2. The Balaban J connectivity index is 1.48. The van der Waals surface area contributed by atoms with E-state index in [9.17, 15) is 14.3 Å². The summed E-state index contributed by atoms with van der Waals surface area (Å²) in [4.78, 5) is 19.1. The predicted octanol–water partition coefficient (Wildman–Crippen LogP) is 3.84. The van der Waals surface area contributed by atoms with Gasteiger partial charge in [0.1, 0.15) is 17.0 Å². The van der Waals surface area contributed by atoms with Crippen molar-refractivity contribution >= 4 is 5.91 Å². The molecule has 2 fully saturated rings. The van der Waals surface area contributed by atoms with Gasteiger partial charge in [-0.2, -0.15) is 4.39 Å². The normalized spacial score (nSPS) is 25.5. The molecule has 1 unspecified atom stereocenters. The minimum atomic E-state index is -1.33. The summed E-state index contributed by atoms with van der Waals surface area (Å²) in [6.07, 6.45) is 3.47. The monoisotopic (exact) mass is 407 g/mol. The van der Waals surface area contributed by atoms with Crippen LogP contribution < -0.4 is 0 Å². The number of carbonyl (C=O) groups is 1. The number of carbonyl (C=O) groups excluding carboxylic acids is 1. The highest BCUT2D eigenvalue weighted by Gasteiger charge is 2.51. The van der Waals surface area contributed by atoms with Crippen molar-refractivity contribution in [2.75, 3.05) is 0 Å². The lowest BCUT2D eigenvalue weighted by Gasteiger charge is -2.44. The Kier molecular flexibility index (Phi) is 4.43. The van der Waals surface area contributed by atoms with Crippen LogP contribution >= 0.6 is 0 Å². The van der Waals surface area contributed by atoms with Gasteiger partial charge in [0.25, 0.3) is 5.91 Å². The third-order valence-corrected chi connectivity index (χ3v) is 6.39. The van der Waals surface area contributed by atoms with E-state index < -0.39 is 11.5 Å². The molecule has 1 N–H and O–H groups in total. The molecule has 3 atom stereocenters. The fraction of sp³-hybridized carbons (Fsp3) is 0.348. The fourth-order valence-corrected chi connectivity index (χ4v) is 5.06. The summed E-state index contributed by atoms with van der Waals surface area (Å²) in [5, 5.41) is 15.4. The van der Waals surface area contributed by atoms with E-state index in [0.717, 1.165) is 18.4 Å². The van der Waals surface area contributed by atoms with Crippen LogP contribution in [0, 0.1) is 12.9 Å². The molecule has 3 aromatic rings. The van der Waals surface area contributed by atoms with Crippen LogP contribution in [-0.2, 0) is 5.60 Å². The highest BCUT2D eigenvalue weighted by atomic mass is 19.1. The highest BCUT2D eigenvalue weighted by molar-refractivity contribution is 6.01. The van der Waals surface area contributed by atoms with E-state index in [4.69, 9.17) is 4.52 Å². The topological polar surface area (TPSA) is 79.5 Å². The molecule has 154 valence electrons. The number of fused-ring (bicyclic) bond motifs is 2. The summed E-state index contributed by atoms with van der Waals surface area (Å²) in [7, 11) is 0. The van der Waals surface area contributed by atoms with E-state index >= 15 is 0 Å². The molecule has 4 heterocycles. The molecule has 0 spiro atoms. The van der Waals surface area contributed by atoms with Gasteiger partial charge < -0.3 is 14.5 Å². The molecule has 5 rings (SSSR count). The maximum absolute atomic E-state index is 14.3.